The normalized spacial score (nSPS) is 18.0. The monoisotopic (exact) mass is 396 g/mol. The summed E-state index contributed by atoms with van der Waals surface area (Å²) in [6.45, 7) is 7.43. The van der Waals surface area contributed by atoms with Gasteiger partial charge in [-0.3, -0.25) is 0 Å². The molecule has 2 heterocycles. The maximum absolute atomic E-state index is 13.9. The van der Waals surface area contributed by atoms with Crippen molar-refractivity contribution in [2.45, 2.75) is 45.5 Å². The number of anilines is 1. The molecule has 3 rings (SSSR count). The van der Waals surface area contributed by atoms with Gasteiger partial charge in [0.2, 0.25) is 0 Å². The summed E-state index contributed by atoms with van der Waals surface area (Å²) < 4.78 is 45.0. The lowest BCUT2D eigenvalue weighted by Crippen LogP contribution is -2.41. The Morgan fingerprint density at radius 1 is 1.15 bits per heavy atom. The standard InChI is InChI=1S/C18H20BClF2N2O3/c1-17(2)18(3,4)27-19(26-17)10-7-14(16(23)24-8-10)25-9-11-12(21)5-6-13(22)15(11)20/h5-8H,9H2,1-4H3,(H2,23,24). The summed E-state index contributed by atoms with van der Waals surface area (Å²) >= 11 is 5.82. The molecule has 5 nitrogen and oxygen atoms in total. The van der Waals surface area contributed by atoms with Crippen molar-refractivity contribution in [1.29, 1.82) is 0 Å². The van der Waals surface area contributed by atoms with Gasteiger partial charge in [0.15, 0.2) is 11.6 Å². The van der Waals surface area contributed by atoms with Crippen LogP contribution in [0.25, 0.3) is 0 Å². The minimum atomic E-state index is -0.728. The molecule has 2 N–H and O–H groups in total. The van der Waals surface area contributed by atoms with E-state index in [1.54, 1.807) is 6.07 Å². The van der Waals surface area contributed by atoms with Crippen LogP contribution in [0.2, 0.25) is 5.02 Å². The number of halogens is 3. The van der Waals surface area contributed by atoms with E-state index < -0.39 is 30.0 Å². The third-order valence-corrected chi connectivity index (χ3v) is 5.35. The van der Waals surface area contributed by atoms with Crippen molar-refractivity contribution >= 4 is 30.0 Å². The summed E-state index contributed by atoms with van der Waals surface area (Å²) in [4.78, 5) is 4.09. The van der Waals surface area contributed by atoms with E-state index in [1.165, 1.54) is 6.20 Å². The van der Waals surface area contributed by atoms with Crippen molar-refractivity contribution in [3.63, 3.8) is 0 Å². The molecule has 0 radical (unpaired) electrons. The zero-order chi connectivity index (χ0) is 20.0. The van der Waals surface area contributed by atoms with Gasteiger partial charge in [-0.25, -0.2) is 13.8 Å². The molecule has 144 valence electrons. The number of benzene rings is 1. The molecule has 1 aliphatic heterocycles. The number of rotatable bonds is 4. The second-order valence-electron chi connectivity index (χ2n) is 7.35. The molecule has 0 amide bonds. The highest BCUT2D eigenvalue weighted by atomic mass is 35.5. The van der Waals surface area contributed by atoms with Crippen LogP contribution in [0.15, 0.2) is 24.4 Å². The van der Waals surface area contributed by atoms with E-state index in [1.807, 2.05) is 27.7 Å². The fourth-order valence-electron chi connectivity index (χ4n) is 2.55. The number of nitrogens with zero attached hydrogens (tertiary/aromatic N) is 1. The summed E-state index contributed by atoms with van der Waals surface area (Å²) in [5.41, 5.74) is 5.32. The van der Waals surface area contributed by atoms with E-state index in [4.69, 9.17) is 31.4 Å². The van der Waals surface area contributed by atoms with E-state index in [0.717, 1.165) is 12.1 Å². The van der Waals surface area contributed by atoms with Crippen LogP contribution in [0.4, 0.5) is 14.6 Å². The molecular formula is C18H20BClF2N2O3. The minimum Gasteiger partial charge on any atom is -0.485 e. The number of aromatic nitrogens is 1. The summed E-state index contributed by atoms with van der Waals surface area (Å²) in [7, 11) is -0.653. The molecule has 1 saturated heterocycles. The molecule has 1 aromatic carbocycles. The van der Waals surface area contributed by atoms with E-state index in [-0.39, 0.29) is 28.8 Å². The van der Waals surface area contributed by atoms with Crippen molar-refractivity contribution in [3.8, 4) is 5.75 Å². The Bertz CT molecular complexity index is 864. The maximum atomic E-state index is 13.9. The van der Waals surface area contributed by atoms with Gasteiger partial charge in [-0.1, -0.05) is 11.6 Å². The van der Waals surface area contributed by atoms with Gasteiger partial charge >= 0.3 is 7.12 Å². The minimum absolute atomic E-state index is 0.0999. The molecule has 9 heteroatoms. The molecule has 0 aliphatic carbocycles. The largest absolute Gasteiger partial charge is 0.496 e. The Balaban J connectivity index is 1.82. The number of nitrogens with two attached hydrogens (primary N) is 1. The van der Waals surface area contributed by atoms with Crippen LogP contribution in [-0.4, -0.2) is 23.3 Å². The van der Waals surface area contributed by atoms with Crippen LogP contribution in [0.5, 0.6) is 5.75 Å². The first kappa shape index (κ1) is 19.9. The number of nitrogen functional groups attached to an aromatic ring is 1. The highest BCUT2D eigenvalue weighted by Gasteiger charge is 2.51. The van der Waals surface area contributed by atoms with Crippen LogP contribution in [0.1, 0.15) is 33.3 Å². The molecular weight excluding hydrogens is 376 g/mol. The van der Waals surface area contributed by atoms with Crippen LogP contribution < -0.4 is 15.9 Å². The average molecular weight is 397 g/mol. The lowest BCUT2D eigenvalue weighted by Gasteiger charge is -2.32. The molecule has 27 heavy (non-hydrogen) atoms. The smallest absolute Gasteiger partial charge is 0.485 e. The first-order valence-corrected chi connectivity index (χ1v) is 8.76. The second-order valence-corrected chi connectivity index (χ2v) is 7.73. The number of hydrogen-bond acceptors (Lipinski definition) is 5. The Morgan fingerprint density at radius 2 is 1.74 bits per heavy atom. The van der Waals surface area contributed by atoms with Gasteiger partial charge in [-0.2, -0.15) is 0 Å². The third-order valence-electron chi connectivity index (χ3n) is 4.94. The number of ether oxygens (including phenoxy) is 1. The Kier molecular flexibility index (Phi) is 5.09. The quantitative estimate of drug-likeness (QED) is 0.633. The maximum Gasteiger partial charge on any atom is 0.496 e. The van der Waals surface area contributed by atoms with Gasteiger partial charge in [0.25, 0.3) is 0 Å². The topological polar surface area (TPSA) is 66.6 Å². The fraction of sp³-hybridized carbons (Fsp3) is 0.389. The summed E-state index contributed by atoms with van der Waals surface area (Å²) in [6, 6.07) is 3.55. The van der Waals surface area contributed by atoms with Gasteiger partial charge in [0, 0.05) is 17.2 Å². The molecule has 1 aliphatic rings. The number of hydrogen-bond donors (Lipinski definition) is 1. The molecule has 0 unspecified atom stereocenters. The van der Waals surface area contributed by atoms with E-state index >= 15 is 0 Å². The van der Waals surface area contributed by atoms with Gasteiger partial charge in [-0.05, 0) is 45.9 Å². The molecule has 1 aromatic heterocycles. The van der Waals surface area contributed by atoms with Crippen molar-refractivity contribution in [3.05, 3.63) is 46.6 Å². The Morgan fingerprint density at radius 3 is 2.37 bits per heavy atom. The van der Waals surface area contributed by atoms with E-state index in [0.29, 0.717) is 5.46 Å². The van der Waals surface area contributed by atoms with Gasteiger partial charge in [0.05, 0.1) is 16.2 Å². The lowest BCUT2D eigenvalue weighted by atomic mass is 9.80. The molecule has 0 saturated carbocycles. The highest BCUT2D eigenvalue weighted by Crippen LogP contribution is 2.36. The van der Waals surface area contributed by atoms with Crippen molar-refractivity contribution < 1.29 is 22.8 Å². The van der Waals surface area contributed by atoms with Gasteiger partial charge in [-0.15, -0.1) is 0 Å². The molecule has 0 atom stereocenters. The van der Waals surface area contributed by atoms with Crippen LogP contribution in [0, 0.1) is 11.6 Å². The first-order chi connectivity index (χ1) is 12.5. The molecule has 1 fully saturated rings. The van der Waals surface area contributed by atoms with Crippen LogP contribution in [0.3, 0.4) is 0 Å². The molecule has 0 bridgehead atoms. The highest BCUT2D eigenvalue weighted by molar-refractivity contribution is 6.62. The summed E-state index contributed by atoms with van der Waals surface area (Å²) in [5.74, 6) is -1.10. The van der Waals surface area contributed by atoms with Crippen LogP contribution >= 0.6 is 11.6 Å². The van der Waals surface area contributed by atoms with Crippen LogP contribution in [-0.2, 0) is 15.9 Å². The SMILES string of the molecule is CC1(C)OB(c2cnc(N)c(OCc3c(F)ccc(F)c3Cl)c2)OC1(C)C. The van der Waals surface area contributed by atoms with Gasteiger partial charge in [0.1, 0.15) is 18.2 Å². The lowest BCUT2D eigenvalue weighted by molar-refractivity contribution is 0.00578. The zero-order valence-electron chi connectivity index (χ0n) is 15.5. The number of pyridine rings is 1. The van der Waals surface area contributed by atoms with E-state index in [2.05, 4.69) is 4.98 Å². The molecule has 0 spiro atoms. The summed E-state index contributed by atoms with van der Waals surface area (Å²) in [6.07, 6.45) is 1.53. The second kappa shape index (κ2) is 6.93. The predicted octanol–water partition coefficient (Wildman–Crippen LogP) is 3.47. The fourth-order valence-corrected chi connectivity index (χ4v) is 2.75. The Labute approximate surface area is 161 Å². The third kappa shape index (κ3) is 3.74. The summed E-state index contributed by atoms with van der Waals surface area (Å²) in [5, 5.41) is -0.330. The first-order valence-electron chi connectivity index (χ1n) is 8.38. The zero-order valence-corrected chi connectivity index (χ0v) is 16.2. The van der Waals surface area contributed by atoms with Crippen molar-refractivity contribution in [2.24, 2.45) is 0 Å². The van der Waals surface area contributed by atoms with Crippen molar-refractivity contribution in [1.82, 2.24) is 4.98 Å². The molecule has 2 aromatic rings. The van der Waals surface area contributed by atoms with Gasteiger partial charge < -0.3 is 19.8 Å². The average Bonchev–Trinajstić information content (AvgIpc) is 2.80. The van der Waals surface area contributed by atoms with E-state index in [9.17, 15) is 8.78 Å². The van der Waals surface area contributed by atoms with Crippen molar-refractivity contribution in [2.75, 3.05) is 5.73 Å². The Hall–Kier alpha value is -1.90. The predicted molar refractivity (Wildman–Crippen MR) is 100 cm³/mol.